The first-order valence-electron chi connectivity index (χ1n) is 20.3. The third-order valence-electron chi connectivity index (χ3n) is 11.8. The fourth-order valence-electron chi connectivity index (χ4n) is 9.09. The molecule has 0 atom stereocenters. The maximum Gasteiger partial charge on any atom is 0.0468 e. The summed E-state index contributed by atoms with van der Waals surface area (Å²) >= 11 is 0. The smallest absolute Gasteiger partial charge is 0.0468 e. The number of hydrogen-bond acceptors (Lipinski definition) is 1. The van der Waals surface area contributed by atoms with E-state index in [1.165, 1.54) is 87.6 Å². The minimum absolute atomic E-state index is 1.10. The van der Waals surface area contributed by atoms with Gasteiger partial charge in [-0.3, -0.25) is 0 Å². The molecule has 0 saturated carbocycles. The largest absolute Gasteiger partial charge is 0.310 e. The Labute approximate surface area is 344 Å². The molecule has 1 heteroatoms. The molecule has 0 aliphatic rings. The van der Waals surface area contributed by atoms with E-state index in [4.69, 9.17) is 0 Å². The Morgan fingerprint density at radius 3 is 1.46 bits per heavy atom. The highest BCUT2D eigenvalue weighted by atomic mass is 15.1. The van der Waals surface area contributed by atoms with E-state index >= 15 is 0 Å². The van der Waals surface area contributed by atoms with Crippen molar-refractivity contribution in [2.75, 3.05) is 4.90 Å². The predicted octanol–water partition coefficient (Wildman–Crippen LogP) is 16.4. The van der Waals surface area contributed by atoms with Crippen molar-refractivity contribution in [2.45, 2.75) is 0 Å². The van der Waals surface area contributed by atoms with Crippen molar-refractivity contribution < 1.29 is 0 Å². The van der Waals surface area contributed by atoms with Gasteiger partial charge >= 0.3 is 0 Å². The Morgan fingerprint density at radius 1 is 0.237 bits per heavy atom. The highest BCUT2D eigenvalue weighted by Gasteiger charge is 2.23. The number of rotatable bonds is 7. The summed E-state index contributed by atoms with van der Waals surface area (Å²) in [7, 11) is 0. The van der Waals surface area contributed by atoms with Gasteiger partial charge in [0.2, 0.25) is 0 Å². The number of hydrogen-bond donors (Lipinski definition) is 0. The van der Waals surface area contributed by atoms with Gasteiger partial charge in [0, 0.05) is 17.1 Å². The van der Waals surface area contributed by atoms with Gasteiger partial charge in [-0.1, -0.05) is 194 Å². The lowest BCUT2D eigenvalue weighted by Gasteiger charge is -2.27. The molecule has 0 bridgehead atoms. The van der Waals surface area contributed by atoms with Gasteiger partial charge in [0.25, 0.3) is 0 Å². The number of fused-ring (bicyclic) bond motifs is 7. The van der Waals surface area contributed by atoms with Gasteiger partial charge in [0.05, 0.1) is 0 Å². The lowest BCUT2D eigenvalue weighted by atomic mass is 9.81. The van der Waals surface area contributed by atoms with Crippen molar-refractivity contribution >= 4 is 60.2 Å². The molecule has 0 aliphatic heterocycles. The minimum atomic E-state index is 1.10. The van der Waals surface area contributed by atoms with Crippen molar-refractivity contribution in [3.05, 3.63) is 237 Å². The van der Waals surface area contributed by atoms with E-state index in [1.807, 2.05) is 0 Å². The molecule has 0 aliphatic carbocycles. The van der Waals surface area contributed by atoms with Crippen LogP contribution in [0.2, 0.25) is 0 Å². The predicted molar refractivity (Wildman–Crippen MR) is 253 cm³/mol. The quantitative estimate of drug-likeness (QED) is 0.147. The van der Waals surface area contributed by atoms with E-state index in [9.17, 15) is 0 Å². The second kappa shape index (κ2) is 14.6. The Morgan fingerprint density at radius 2 is 0.746 bits per heavy atom. The monoisotopic (exact) mass is 749 g/mol. The molecule has 11 aromatic carbocycles. The molecule has 0 spiro atoms. The summed E-state index contributed by atoms with van der Waals surface area (Å²) in [6.45, 7) is 0. The maximum absolute atomic E-state index is 2.43. The highest BCUT2D eigenvalue weighted by Crippen LogP contribution is 2.50. The van der Waals surface area contributed by atoms with Crippen LogP contribution in [-0.4, -0.2) is 0 Å². The Hall–Kier alpha value is -7.74. The van der Waals surface area contributed by atoms with Crippen molar-refractivity contribution in [3.63, 3.8) is 0 Å². The van der Waals surface area contributed by atoms with Crippen LogP contribution < -0.4 is 4.90 Å². The molecule has 0 aromatic heterocycles. The highest BCUT2D eigenvalue weighted by molar-refractivity contribution is 6.33. The Kier molecular flexibility index (Phi) is 8.56. The fraction of sp³-hybridized carbons (Fsp3) is 0. The average Bonchev–Trinajstić information content (AvgIpc) is 3.32. The van der Waals surface area contributed by atoms with Gasteiger partial charge in [-0.25, -0.2) is 0 Å². The van der Waals surface area contributed by atoms with E-state index < -0.39 is 0 Å². The van der Waals surface area contributed by atoms with E-state index in [0.717, 1.165) is 17.1 Å². The first kappa shape index (κ1) is 34.5. The van der Waals surface area contributed by atoms with Gasteiger partial charge < -0.3 is 4.90 Å². The molecule has 0 unspecified atom stereocenters. The lowest BCUT2D eigenvalue weighted by Crippen LogP contribution is -2.10. The van der Waals surface area contributed by atoms with E-state index in [1.54, 1.807) is 0 Å². The third-order valence-corrected chi connectivity index (χ3v) is 11.8. The summed E-state index contributed by atoms with van der Waals surface area (Å²) in [6, 6.07) is 86.4. The zero-order chi connectivity index (χ0) is 39.1. The van der Waals surface area contributed by atoms with Crippen LogP contribution in [0.15, 0.2) is 237 Å². The lowest BCUT2D eigenvalue weighted by molar-refractivity contribution is 1.29. The van der Waals surface area contributed by atoms with Gasteiger partial charge in [-0.15, -0.1) is 0 Å². The summed E-state index contributed by atoms with van der Waals surface area (Å²) < 4.78 is 0. The van der Waals surface area contributed by atoms with Crippen LogP contribution in [0.4, 0.5) is 17.1 Å². The second-order valence-corrected chi connectivity index (χ2v) is 15.3. The molecule has 0 heterocycles. The molecule has 11 aromatic rings. The molecule has 0 N–H and O–H groups in total. The normalized spacial score (nSPS) is 11.4. The number of benzene rings is 11. The van der Waals surface area contributed by atoms with Crippen LogP contribution in [0.3, 0.4) is 0 Å². The SMILES string of the molecule is c1ccc(-c2cccc(N(c3ccc4ccccc4c3)c3ccc4c(c3)c3ccccc3c3c(-c5ccccc5)cc(-c5ccccc5)c(-c5ccccc5)c43)c2)cc1. The van der Waals surface area contributed by atoms with E-state index in [-0.39, 0.29) is 0 Å². The van der Waals surface area contributed by atoms with Crippen LogP contribution >= 0.6 is 0 Å². The van der Waals surface area contributed by atoms with Gasteiger partial charge in [0.1, 0.15) is 0 Å². The van der Waals surface area contributed by atoms with E-state index in [2.05, 4.69) is 241 Å². The Bertz CT molecular complexity index is 3300. The van der Waals surface area contributed by atoms with Crippen LogP contribution in [0.5, 0.6) is 0 Å². The molecule has 1 nitrogen and oxygen atoms in total. The minimum Gasteiger partial charge on any atom is -0.310 e. The van der Waals surface area contributed by atoms with Crippen molar-refractivity contribution in [3.8, 4) is 44.5 Å². The molecular weight excluding hydrogens is 711 g/mol. The van der Waals surface area contributed by atoms with Gasteiger partial charge in [-0.2, -0.15) is 0 Å². The molecule has 11 rings (SSSR count). The van der Waals surface area contributed by atoms with Crippen LogP contribution in [0, 0.1) is 0 Å². The maximum atomic E-state index is 2.43. The fourth-order valence-corrected chi connectivity index (χ4v) is 9.09. The summed E-state index contributed by atoms with van der Waals surface area (Å²) in [5.74, 6) is 0. The molecule has 0 radical (unpaired) electrons. The summed E-state index contributed by atoms with van der Waals surface area (Å²) in [6.07, 6.45) is 0. The van der Waals surface area contributed by atoms with Crippen molar-refractivity contribution in [1.82, 2.24) is 0 Å². The summed E-state index contributed by atoms with van der Waals surface area (Å²) in [4.78, 5) is 2.42. The van der Waals surface area contributed by atoms with Gasteiger partial charge in [-0.05, 0) is 130 Å². The first-order chi connectivity index (χ1) is 29.3. The van der Waals surface area contributed by atoms with E-state index in [0.29, 0.717) is 0 Å². The standard InChI is InChI=1S/C58H39N/c1-5-18-40(19-6-1)46-28-17-29-47(36-46)59(48-33-32-41-20-13-14-27-45(41)37-48)49-34-35-52-55(38-49)50-30-15-16-31-51(50)57-54(43-23-9-3-10-24-43)39-53(42-21-7-2-8-22-42)56(58(52)57)44-25-11-4-12-26-44/h1-39H. The second-order valence-electron chi connectivity index (χ2n) is 15.3. The van der Waals surface area contributed by atoms with Crippen molar-refractivity contribution in [1.29, 1.82) is 0 Å². The van der Waals surface area contributed by atoms with Gasteiger partial charge in [0.15, 0.2) is 0 Å². The Balaban J connectivity index is 1.26. The molecule has 0 saturated heterocycles. The van der Waals surface area contributed by atoms with Crippen LogP contribution in [0.1, 0.15) is 0 Å². The summed E-state index contributed by atoms with van der Waals surface area (Å²) in [5, 5.41) is 9.89. The van der Waals surface area contributed by atoms with Crippen LogP contribution in [0.25, 0.3) is 87.6 Å². The zero-order valence-corrected chi connectivity index (χ0v) is 32.5. The average molecular weight is 750 g/mol. The molecule has 0 fully saturated rings. The number of anilines is 3. The zero-order valence-electron chi connectivity index (χ0n) is 32.5. The van der Waals surface area contributed by atoms with Crippen LogP contribution in [-0.2, 0) is 0 Å². The molecular formula is C58H39N. The molecule has 59 heavy (non-hydrogen) atoms. The first-order valence-corrected chi connectivity index (χ1v) is 20.3. The third kappa shape index (κ3) is 6.12. The molecule has 276 valence electrons. The topological polar surface area (TPSA) is 3.24 Å². The summed E-state index contributed by atoms with van der Waals surface area (Å²) in [5.41, 5.74) is 13.0. The molecule has 0 amide bonds. The number of nitrogens with zero attached hydrogens (tertiary/aromatic N) is 1. The van der Waals surface area contributed by atoms with Crippen molar-refractivity contribution in [2.24, 2.45) is 0 Å².